The third-order valence-corrected chi connectivity index (χ3v) is 7.25. The quantitative estimate of drug-likeness (QED) is 0.139. The maximum atomic E-state index is 5.91. The molecule has 0 amide bonds. The van der Waals surface area contributed by atoms with Gasteiger partial charge in [0, 0.05) is 35.8 Å². The SMILES string of the molecule is c1ccc(N(Cc2ccc(OCOc3ccc(CN(c4ccccc4)c4ccccc4)cc3)cc2)c2ccccc2)cc1. The number of nitrogens with zero attached hydrogens (tertiary/aromatic N) is 2. The fourth-order valence-electron chi connectivity index (χ4n) is 5.01. The van der Waals surface area contributed by atoms with Crippen LogP contribution in [0.15, 0.2) is 170 Å². The molecule has 0 aliphatic heterocycles. The van der Waals surface area contributed by atoms with Crippen LogP contribution in [0.4, 0.5) is 22.7 Å². The second-order valence-corrected chi connectivity index (χ2v) is 10.2. The molecule has 6 aromatic carbocycles. The van der Waals surface area contributed by atoms with Crippen LogP contribution in [0.25, 0.3) is 0 Å². The van der Waals surface area contributed by atoms with Crippen LogP contribution in [0.5, 0.6) is 11.5 Å². The minimum Gasteiger partial charge on any atom is -0.458 e. The van der Waals surface area contributed by atoms with Gasteiger partial charge in [-0.1, -0.05) is 97.1 Å². The summed E-state index contributed by atoms with van der Waals surface area (Å²) in [6.45, 7) is 1.64. The lowest BCUT2D eigenvalue weighted by Crippen LogP contribution is -2.16. The maximum Gasteiger partial charge on any atom is 0.230 e. The lowest BCUT2D eigenvalue weighted by atomic mass is 10.1. The van der Waals surface area contributed by atoms with Crippen LogP contribution in [0.3, 0.4) is 0 Å². The molecule has 0 aliphatic carbocycles. The van der Waals surface area contributed by atoms with E-state index in [-0.39, 0.29) is 6.79 Å². The fraction of sp³-hybridized carbons (Fsp3) is 0.0769. The normalized spacial score (nSPS) is 10.6. The van der Waals surface area contributed by atoms with Crippen molar-refractivity contribution in [2.24, 2.45) is 0 Å². The molecule has 43 heavy (non-hydrogen) atoms. The zero-order chi connectivity index (χ0) is 29.1. The fourth-order valence-corrected chi connectivity index (χ4v) is 5.01. The van der Waals surface area contributed by atoms with Crippen LogP contribution in [-0.2, 0) is 13.1 Å². The first kappa shape index (κ1) is 27.7. The Morgan fingerprint density at radius 2 is 0.605 bits per heavy atom. The largest absolute Gasteiger partial charge is 0.458 e. The van der Waals surface area contributed by atoms with Crippen LogP contribution < -0.4 is 19.3 Å². The first-order valence-electron chi connectivity index (χ1n) is 14.5. The van der Waals surface area contributed by atoms with E-state index in [0.29, 0.717) is 0 Å². The first-order valence-corrected chi connectivity index (χ1v) is 14.5. The average molecular weight is 563 g/mol. The molecule has 212 valence electrons. The number of para-hydroxylation sites is 4. The van der Waals surface area contributed by atoms with Gasteiger partial charge in [0.25, 0.3) is 0 Å². The summed E-state index contributed by atoms with van der Waals surface area (Å²) in [4.78, 5) is 4.61. The minimum atomic E-state index is 0.138. The van der Waals surface area contributed by atoms with E-state index in [9.17, 15) is 0 Å². The molecular weight excluding hydrogens is 528 g/mol. The van der Waals surface area contributed by atoms with Crippen molar-refractivity contribution in [1.82, 2.24) is 0 Å². The highest BCUT2D eigenvalue weighted by Gasteiger charge is 2.11. The molecule has 4 nitrogen and oxygen atoms in total. The third-order valence-electron chi connectivity index (χ3n) is 7.25. The van der Waals surface area contributed by atoms with Gasteiger partial charge in [0.2, 0.25) is 6.79 Å². The molecule has 0 bridgehead atoms. The summed E-state index contributed by atoms with van der Waals surface area (Å²) in [5.41, 5.74) is 7.00. The summed E-state index contributed by atoms with van der Waals surface area (Å²) >= 11 is 0. The summed E-state index contributed by atoms with van der Waals surface area (Å²) in [7, 11) is 0. The van der Waals surface area contributed by atoms with Crippen molar-refractivity contribution >= 4 is 22.7 Å². The highest BCUT2D eigenvalue weighted by molar-refractivity contribution is 5.64. The van der Waals surface area contributed by atoms with Gasteiger partial charge in [-0.2, -0.15) is 0 Å². The second-order valence-electron chi connectivity index (χ2n) is 10.2. The molecule has 0 radical (unpaired) electrons. The smallest absolute Gasteiger partial charge is 0.230 e. The summed E-state index contributed by atoms with van der Waals surface area (Å²) in [6.07, 6.45) is 0. The Balaban J connectivity index is 1.04. The van der Waals surface area contributed by atoms with E-state index in [4.69, 9.17) is 9.47 Å². The van der Waals surface area contributed by atoms with Gasteiger partial charge in [0.1, 0.15) is 11.5 Å². The molecular formula is C39H34N2O2. The Morgan fingerprint density at radius 3 is 0.884 bits per heavy atom. The van der Waals surface area contributed by atoms with Crippen molar-refractivity contribution in [2.45, 2.75) is 13.1 Å². The number of hydrogen-bond donors (Lipinski definition) is 0. The molecule has 0 saturated carbocycles. The zero-order valence-electron chi connectivity index (χ0n) is 24.0. The predicted molar refractivity (Wildman–Crippen MR) is 176 cm³/mol. The van der Waals surface area contributed by atoms with Crippen LogP contribution >= 0.6 is 0 Å². The van der Waals surface area contributed by atoms with Gasteiger partial charge >= 0.3 is 0 Å². The van der Waals surface area contributed by atoms with E-state index in [1.807, 2.05) is 48.5 Å². The second kappa shape index (κ2) is 13.9. The van der Waals surface area contributed by atoms with E-state index in [0.717, 1.165) is 47.3 Å². The number of hydrogen-bond acceptors (Lipinski definition) is 4. The molecule has 0 aliphatic rings. The first-order chi connectivity index (χ1) is 21.3. The van der Waals surface area contributed by atoms with Gasteiger partial charge < -0.3 is 19.3 Å². The van der Waals surface area contributed by atoms with Crippen molar-refractivity contribution in [3.05, 3.63) is 181 Å². The van der Waals surface area contributed by atoms with Gasteiger partial charge in [0.05, 0.1) is 0 Å². The van der Waals surface area contributed by atoms with Crippen LogP contribution in [0, 0.1) is 0 Å². The maximum absolute atomic E-state index is 5.91. The molecule has 0 heterocycles. The van der Waals surface area contributed by atoms with Crippen molar-refractivity contribution in [3.8, 4) is 11.5 Å². The Labute approximate surface area is 254 Å². The predicted octanol–water partition coefficient (Wildman–Crippen LogP) is 9.78. The lowest BCUT2D eigenvalue weighted by molar-refractivity contribution is 0.120. The van der Waals surface area contributed by atoms with Gasteiger partial charge in [-0.05, 0) is 83.9 Å². The molecule has 0 N–H and O–H groups in total. The number of ether oxygens (including phenoxy) is 2. The summed E-state index contributed by atoms with van der Waals surface area (Å²) in [5, 5.41) is 0. The molecule has 0 saturated heterocycles. The number of rotatable bonds is 12. The Hall–Kier alpha value is -5.48. The van der Waals surface area contributed by atoms with E-state index in [1.54, 1.807) is 0 Å². The molecule has 6 rings (SSSR count). The topological polar surface area (TPSA) is 24.9 Å². The molecule has 0 atom stereocenters. The minimum absolute atomic E-state index is 0.138. The molecule has 6 aromatic rings. The number of benzene rings is 6. The van der Waals surface area contributed by atoms with Gasteiger partial charge in [-0.25, -0.2) is 0 Å². The average Bonchev–Trinajstić information content (AvgIpc) is 3.09. The van der Waals surface area contributed by atoms with E-state index < -0.39 is 0 Å². The highest BCUT2D eigenvalue weighted by atomic mass is 16.7. The van der Waals surface area contributed by atoms with Crippen LogP contribution in [0.2, 0.25) is 0 Å². The van der Waals surface area contributed by atoms with E-state index in [1.165, 1.54) is 11.1 Å². The Bertz CT molecular complexity index is 1450. The monoisotopic (exact) mass is 562 g/mol. The molecule has 0 aromatic heterocycles. The highest BCUT2D eigenvalue weighted by Crippen LogP contribution is 2.29. The zero-order valence-corrected chi connectivity index (χ0v) is 24.0. The number of anilines is 4. The molecule has 4 heteroatoms. The molecule has 0 fully saturated rings. The van der Waals surface area contributed by atoms with Crippen molar-refractivity contribution in [3.63, 3.8) is 0 Å². The van der Waals surface area contributed by atoms with Crippen LogP contribution in [-0.4, -0.2) is 6.79 Å². The van der Waals surface area contributed by atoms with Crippen molar-refractivity contribution in [2.75, 3.05) is 16.6 Å². The van der Waals surface area contributed by atoms with Gasteiger partial charge in [0.15, 0.2) is 0 Å². The van der Waals surface area contributed by atoms with Crippen molar-refractivity contribution in [1.29, 1.82) is 0 Å². The molecule has 0 spiro atoms. The van der Waals surface area contributed by atoms with E-state index in [2.05, 4.69) is 131 Å². The lowest BCUT2D eigenvalue weighted by Gasteiger charge is -2.25. The van der Waals surface area contributed by atoms with Gasteiger partial charge in [-0.3, -0.25) is 0 Å². The van der Waals surface area contributed by atoms with Crippen LogP contribution in [0.1, 0.15) is 11.1 Å². The summed E-state index contributed by atoms with van der Waals surface area (Å²) in [5.74, 6) is 1.54. The standard InChI is InChI=1S/C39H34N2O2/c1-5-13-34(14-6-1)40(35-15-7-2-8-16-35)29-32-21-25-38(26-22-32)42-31-43-39-27-23-33(24-28-39)30-41(36-17-9-3-10-18-36)37-19-11-4-12-20-37/h1-28H,29-31H2. The van der Waals surface area contributed by atoms with Gasteiger partial charge in [-0.15, -0.1) is 0 Å². The Kier molecular flexibility index (Phi) is 8.96. The summed E-state index contributed by atoms with van der Waals surface area (Å²) < 4.78 is 11.8. The Morgan fingerprint density at radius 1 is 0.326 bits per heavy atom. The third kappa shape index (κ3) is 7.43. The molecule has 0 unspecified atom stereocenters. The summed E-state index contributed by atoms with van der Waals surface area (Å²) in [6, 6.07) is 58.2. The van der Waals surface area contributed by atoms with E-state index >= 15 is 0 Å². The van der Waals surface area contributed by atoms with Crippen molar-refractivity contribution < 1.29 is 9.47 Å².